The predicted octanol–water partition coefficient (Wildman–Crippen LogP) is 4.14. The first-order valence-electron chi connectivity index (χ1n) is 9.00. The predicted molar refractivity (Wildman–Crippen MR) is 102 cm³/mol. The Balaban J connectivity index is 1.54. The number of benzene rings is 1. The van der Waals surface area contributed by atoms with Crippen molar-refractivity contribution in [1.82, 2.24) is 24.9 Å². The van der Waals surface area contributed by atoms with Crippen LogP contribution in [0.2, 0.25) is 0 Å². The van der Waals surface area contributed by atoms with E-state index in [1.807, 2.05) is 0 Å². The van der Waals surface area contributed by atoms with Crippen LogP contribution in [0, 0.1) is 0 Å². The molecule has 4 rings (SSSR count). The van der Waals surface area contributed by atoms with Gasteiger partial charge in [-0.2, -0.15) is 23.3 Å². The summed E-state index contributed by atoms with van der Waals surface area (Å²) in [5.74, 6) is 1.27. The number of alkyl halides is 3. The van der Waals surface area contributed by atoms with Gasteiger partial charge in [-0.1, -0.05) is 5.16 Å². The number of methoxy groups -OCH3 is 1. The summed E-state index contributed by atoms with van der Waals surface area (Å²) in [6.07, 6.45) is -1.28. The Morgan fingerprint density at radius 2 is 1.90 bits per heavy atom. The van der Waals surface area contributed by atoms with Gasteiger partial charge in [0.15, 0.2) is 0 Å². The van der Waals surface area contributed by atoms with Crippen molar-refractivity contribution in [2.24, 2.45) is 7.05 Å². The molecule has 31 heavy (non-hydrogen) atoms. The minimum absolute atomic E-state index is 0.0397. The Morgan fingerprint density at radius 3 is 2.61 bits per heavy atom. The van der Waals surface area contributed by atoms with E-state index in [9.17, 15) is 13.2 Å². The fourth-order valence-electron chi connectivity index (χ4n) is 2.81. The minimum Gasteiger partial charge on any atom is -0.487 e. The molecule has 0 saturated carbocycles. The average molecular weight is 431 g/mol. The van der Waals surface area contributed by atoms with Gasteiger partial charge in [-0.15, -0.1) is 0 Å². The van der Waals surface area contributed by atoms with Crippen LogP contribution < -0.4 is 9.47 Å². The van der Waals surface area contributed by atoms with Gasteiger partial charge in [0.25, 0.3) is 5.89 Å². The van der Waals surface area contributed by atoms with Crippen LogP contribution in [0.4, 0.5) is 13.2 Å². The van der Waals surface area contributed by atoms with Gasteiger partial charge in [0.2, 0.25) is 11.7 Å². The lowest BCUT2D eigenvalue weighted by atomic mass is 10.2. The zero-order chi connectivity index (χ0) is 22.0. The molecule has 0 aliphatic carbocycles. The molecule has 0 fully saturated rings. The molecule has 0 atom stereocenters. The third-order valence-electron chi connectivity index (χ3n) is 4.48. The molecule has 0 aliphatic heterocycles. The Kier molecular flexibility index (Phi) is 5.32. The number of hydrogen-bond donors (Lipinski definition) is 0. The highest BCUT2D eigenvalue weighted by molar-refractivity contribution is 5.61. The van der Waals surface area contributed by atoms with Gasteiger partial charge in [0.05, 0.1) is 30.1 Å². The Bertz CT molecular complexity index is 1190. The summed E-state index contributed by atoms with van der Waals surface area (Å²) in [6, 6.07) is 7.85. The number of halogens is 3. The lowest BCUT2D eigenvalue weighted by Gasteiger charge is -2.10. The highest BCUT2D eigenvalue weighted by Gasteiger charge is 2.30. The first-order valence-corrected chi connectivity index (χ1v) is 9.00. The summed E-state index contributed by atoms with van der Waals surface area (Å²) in [7, 11) is 3.21. The standard InChI is InChI=1S/C20H16F3N5O3/c1-28-16(11-30-14-5-3-13(4-6-14)20(21,22)23)15(10-25-28)19-26-18(27-31-19)12-7-8-24-17(9-12)29-2/h3-10H,11H2,1-2H3. The fourth-order valence-corrected chi connectivity index (χ4v) is 2.81. The molecular weight excluding hydrogens is 415 g/mol. The first kappa shape index (κ1) is 20.4. The molecule has 11 heteroatoms. The van der Waals surface area contributed by atoms with Crippen LogP contribution in [0.5, 0.6) is 11.6 Å². The lowest BCUT2D eigenvalue weighted by molar-refractivity contribution is -0.137. The van der Waals surface area contributed by atoms with Crippen molar-refractivity contribution >= 4 is 0 Å². The fraction of sp³-hybridized carbons (Fsp3) is 0.200. The van der Waals surface area contributed by atoms with Gasteiger partial charge >= 0.3 is 6.18 Å². The average Bonchev–Trinajstić information content (AvgIpc) is 3.39. The van der Waals surface area contributed by atoms with Crippen molar-refractivity contribution in [1.29, 1.82) is 0 Å². The van der Waals surface area contributed by atoms with Crippen molar-refractivity contribution in [3.63, 3.8) is 0 Å². The maximum Gasteiger partial charge on any atom is 0.416 e. The SMILES string of the molecule is COc1cc(-c2noc(-c3cnn(C)c3COc3ccc(C(F)(F)F)cc3)n2)ccn1. The third kappa shape index (κ3) is 4.34. The molecule has 3 heterocycles. The van der Waals surface area contributed by atoms with Gasteiger partial charge in [-0.05, 0) is 30.3 Å². The summed E-state index contributed by atoms with van der Waals surface area (Å²) in [5.41, 5.74) is 1.08. The van der Waals surface area contributed by atoms with Crippen molar-refractivity contribution < 1.29 is 27.2 Å². The van der Waals surface area contributed by atoms with Gasteiger partial charge in [0.1, 0.15) is 12.4 Å². The van der Waals surface area contributed by atoms with E-state index in [0.29, 0.717) is 28.5 Å². The smallest absolute Gasteiger partial charge is 0.416 e. The lowest BCUT2D eigenvalue weighted by Crippen LogP contribution is -2.06. The molecule has 4 aromatic rings. The number of hydrogen-bond acceptors (Lipinski definition) is 7. The molecule has 1 aromatic carbocycles. The van der Waals surface area contributed by atoms with Crippen LogP contribution in [-0.2, 0) is 19.8 Å². The van der Waals surface area contributed by atoms with Gasteiger partial charge in [-0.25, -0.2) is 4.98 Å². The molecule has 0 spiro atoms. The number of aryl methyl sites for hydroxylation is 1. The van der Waals surface area contributed by atoms with Crippen molar-refractivity contribution in [2.45, 2.75) is 12.8 Å². The van der Waals surface area contributed by atoms with Crippen LogP contribution in [0.15, 0.2) is 53.3 Å². The number of pyridine rings is 1. The van der Waals surface area contributed by atoms with E-state index in [1.165, 1.54) is 19.2 Å². The minimum atomic E-state index is -4.40. The van der Waals surface area contributed by atoms with Crippen LogP contribution in [0.1, 0.15) is 11.3 Å². The highest BCUT2D eigenvalue weighted by Crippen LogP contribution is 2.31. The molecule has 0 aliphatic rings. The number of nitrogens with zero attached hydrogens (tertiary/aromatic N) is 5. The first-order chi connectivity index (χ1) is 14.8. The van der Waals surface area contributed by atoms with E-state index >= 15 is 0 Å². The largest absolute Gasteiger partial charge is 0.487 e. The molecule has 0 unspecified atom stereocenters. The van der Waals surface area contributed by atoms with E-state index in [0.717, 1.165) is 12.1 Å². The molecule has 0 N–H and O–H groups in total. The van der Waals surface area contributed by atoms with Crippen LogP contribution in [-0.4, -0.2) is 32.0 Å². The molecule has 3 aromatic heterocycles. The number of rotatable bonds is 6. The quantitative estimate of drug-likeness (QED) is 0.453. The summed E-state index contributed by atoms with van der Waals surface area (Å²) >= 11 is 0. The number of aromatic nitrogens is 5. The molecular formula is C20H16F3N5O3. The van der Waals surface area contributed by atoms with Crippen LogP contribution in [0.3, 0.4) is 0 Å². The number of ether oxygens (including phenoxy) is 2. The zero-order valence-corrected chi connectivity index (χ0v) is 16.4. The summed E-state index contributed by atoms with van der Waals surface area (Å²) in [4.78, 5) is 8.44. The Hall–Kier alpha value is -3.89. The Morgan fingerprint density at radius 1 is 1.13 bits per heavy atom. The molecule has 160 valence electrons. The van der Waals surface area contributed by atoms with E-state index in [-0.39, 0.29) is 18.2 Å². The van der Waals surface area contributed by atoms with Gasteiger partial charge in [0, 0.05) is 24.9 Å². The maximum absolute atomic E-state index is 12.7. The van der Waals surface area contributed by atoms with E-state index < -0.39 is 11.7 Å². The second-order valence-corrected chi connectivity index (χ2v) is 6.45. The summed E-state index contributed by atoms with van der Waals surface area (Å²) in [5, 5.41) is 8.18. The van der Waals surface area contributed by atoms with Gasteiger partial charge in [-0.3, -0.25) is 4.68 Å². The molecule has 8 nitrogen and oxygen atoms in total. The molecule has 0 saturated heterocycles. The van der Waals surface area contributed by atoms with Crippen molar-refractivity contribution in [3.05, 3.63) is 60.0 Å². The zero-order valence-electron chi connectivity index (χ0n) is 16.4. The summed E-state index contributed by atoms with van der Waals surface area (Å²) in [6.45, 7) is 0.0397. The normalized spacial score (nSPS) is 11.5. The second-order valence-electron chi connectivity index (χ2n) is 6.45. The third-order valence-corrected chi connectivity index (χ3v) is 4.48. The van der Waals surface area contributed by atoms with Gasteiger partial charge < -0.3 is 14.0 Å². The van der Waals surface area contributed by atoms with E-state index in [1.54, 1.807) is 36.3 Å². The highest BCUT2D eigenvalue weighted by atomic mass is 19.4. The monoisotopic (exact) mass is 431 g/mol. The molecule has 0 bridgehead atoms. The Labute approximate surface area is 174 Å². The van der Waals surface area contributed by atoms with Crippen molar-refractivity contribution in [3.8, 4) is 34.5 Å². The van der Waals surface area contributed by atoms with E-state index in [4.69, 9.17) is 14.0 Å². The maximum atomic E-state index is 12.7. The second kappa shape index (κ2) is 8.09. The summed E-state index contributed by atoms with van der Waals surface area (Å²) < 4.78 is 55.8. The van der Waals surface area contributed by atoms with Crippen LogP contribution >= 0.6 is 0 Å². The van der Waals surface area contributed by atoms with Crippen molar-refractivity contribution in [2.75, 3.05) is 7.11 Å². The van der Waals surface area contributed by atoms with Crippen LogP contribution in [0.25, 0.3) is 22.8 Å². The van der Waals surface area contributed by atoms with E-state index in [2.05, 4.69) is 20.2 Å². The molecule has 0 amide bonds. The molecule has 0 radical (unpaired) electrons. The topological polar surface area (TPSA) is 88.1 Å².